The summed E-state index contributed by atoms with van der Waals surface area (Å²) < 4.78 is 0. The molecule has 9 rings (SSSR count). The Morgan fingerprint density at radius 1 is 0.327 bits per heavy atom. The Kier molecular flexibility index (Phi) is 7.85. The maximum absolute atomic E-state index is 7.52. The van der Waals surface area contributed by atoms with Gasteiger partial charge in [-0.3, -0.25) is 0 Å². The van der Waals surface area contributed by atoms with Crippen LogP contribution in [0, 0.1) is 6.57 Å². The number of nitrogens with zero attached hydrogens (tertiary/aromatic N) is 4. The molecule has 242 valence electrons. The molecule has 52 heavy (non-hydrogen) atoms. The Labute approximate surface area is 302 Å². The summed E-state index contributed by atoms with van der Waals surface area (Å²) in [6.45, 7) is 7.52. The van der Waals surface area contributed by atoms with Crippen molar-refractivity contribution in [2.24, 2.45) is 0 Å². The third-order valence-corrected chi connectivity index (χ3v) is 9.57. The van der Waals surface area contributed by atoms with E-state index in [1.165, 1.54) is 27.1 Å². The molecule has 0 atom stereocenters. The molecule has 0 amide bonds. The SMILES string of the molecule is [C-]#[N+]c1ccc(-c2c(-c3c(-c4ccc(-c5nc(-c6ccccc6)nc(-c6ccccc6)n5)cc4)ccc4ccccc34)ccc3ccccc23)cc1. The van der Waals surface area contributed by atoms with Crippen LogP contribution in [-0.2, 0) is 0 Å². The fraction of sp³-hybridized carbons (Fsp3) is 0. The molecule has 4 nitrogen and oxygen atoms in total. The van der Waals surface area contributed by atoms with Crippen LogP contribution in [0.1, 0.15) is 0 Å². The first kappa shape index (κ1) is 30.8. The van der Waals surface area contributed by atoms with Crippen molar-refractivity contribution >= 4 is 27.2 Å². The van der Waals surface area contributed by atoms with E-state index in [0.29, 0.717) is 23.2 Å². The molecule has 0 saturated carbocycles. The number of rotatable bonds is 6. The van der Waals surface area contributed by atoms with Crippen molar-refractivity contribution in [1.82, 2.24) is 15.0 Å². The van der Waals surface area contributed by atoms with Crippen LogP contribution in [0.3, 0.4) is 0 Å². The molecule has 0 bridgehead atoms. The molecule has 0 fully saturated rings. The summed E-state index contributed by atoms with van der Waals surface area (Å²) >= 11 is 0. The van der Waals surface area contributed by atoms with Crippen LogP contribution in [0.4, 0.5) is 5.69 Å². The Morgan fingerprint density at radius 2 is 0.750 bits per heavy atom. The molecular formula is C48H30N4. The van der Waals surface area contributed by atoms with Gasteiger partial charge in [0.05, 0.1) is 6.57 Å². The van der Waals surface area contributed by atoms with Gasteiger partial charge >= 0.3 is 0 Å². The molecule has 1 heterocycles. The molecule has 4 heteroatoms. The maximum atomic E-state index is 7.52. The third kappa shape index (κ3) is 5.67. The highest BCUT2D eigenvalue weighted by molar-refractivity contribution is 6.12. The highest BCUT2D eigenvalue weighted by atomic mass is 15.0. The minimum Gasteiger partial charge on any atom is -0.238 e. The molecule has 0 N–H and O–H groups in total. The fourth-order valence-corrected chi connectivity index (χ4v) is 7.03. The number of fused-ring (bicyclic) bond motifs is 2. The van der Waals surface area contributed by atoms with E-state index >= 15 is 0 Å². The highest BCUT2D eigenvalue weighted by Gasteiger charge is 2.19. The monoisotopic (exact) mass is 662 g/mol. The van der Waals surface area contributed by atoms with Crippen molar-refractivity contribution in [3.63, 3.8) is 0 Å². The predicted octanol–water partition coefficient (Wildman–Crippen LogP) is 12.7. The molecule has 1 aromatic heterocycles. The summed E-state index contributed by atoms with van der Waals surface area (Å²) in [6, 6.07) is 62.6. The highest BCUT2D eigenvalue weighted by Crippen LogP contribution is 2.45. The zero-order valence-electron chi connectivity index (χ0n) is 28.1. The van der Waals surface area contributed by atoms with E-state index in [1.54, 1.807) is 0 Å². The topological polar surface area (TPSA) is 43.0 Å². The Balaban J connectivity index is 1.22. The van der Waals surface area contributed by atoms with E-state index in [0.717, 1.165) is 44.5 Å². The first-order valence-corrected chi connectivity index (χ1v) is 17.2. The predicted molar refractivity (Wildman–Crippen MR) is 214 cm³/mol. The van der Waals surface area contributed by atoms with Gasteiger partial charge in [0, 0.05) is 16.7 Å². The lowest BCUT2D eigenvalue weighted by atomic mass is 9.84. The molecule has 0 aliphatic heterocycles. The summed E-state index contributed by atoms with van der Waals surface area (Å²) in [5.74, 6) is 1.90. The van der Waals surface area contributed by atoms with Gasteiger partial charge in [-0.2, -0.15) is 0 Å². The lowest BCUT2D eigenvalue weighted by molar-refractivity contribution is 1.07. The lowest BCUT2D eigenvalue weighted by Crippen LogP contribution is -2.00. The standard InChI is InChI=1S/C48H30N4/c1-49-39-28-24-35(25-29-39)44-40-18-10-8-12-32(40)27-31-43(44)45-41-19-11-9-13-33(41)26-30-42(45)34-20-22-38(23-21-34)48-51-46(36-14-4-2-5-15-36)50-47(52-48)37-16-6-3-7-17-37/h2-31H. The quantitative estimate of drug-likeness (QED) is 0.166. The Bertz CT molecular complexity index is 2710. The summed E-state index contributed by atoms with van der Waals surface area (Å²) in [6.07, 6.45) is 0. The molecule has 0 spiro atoms. The molecule has 0 unspecified atom stereocenters. The van der Waals surface area contributed by atoms with Crippen molar-refractivity contribution in [2.45, 2.75) is 0 Å². The first-order chi connectivity index (χ1) is 25.7. The van der Waals surface area contributed by atoms with Gasteiger partial charge in [0.1, 0.15) is 0 Å². The summed E-state index contributed by atoms with van der Waals surface area (Å²) in [4.78, 5) is 18.4. The van der Waals surface area contributed by atoms with E-state index in [9.17, 15) is 0 Å². The van der Waals surface area contributed by atoms with E-state index < -0.39 is 0 Å². The molecule has 0 saturated heterocycles. The maximum Gasteiger partial charge on any atom is 0.187 e. The number of aromatic nitrogens is 3. The van der Waals surface area contributed by atoms with Gasteiger partial charge in [-0.25, -0.2) is 19.8 Å². The van der Waals surface area contributed by atoms with E-state index in [-0.39, 0.29) is 0 Å². The van der Waals surface area contributed by atoms with Gasteiger partial charge in [0.2, 0.25) is 0 Å². The average Bonchev–Trinajstić information content (AvgIpc) is 3.23. The van der Waals surface area contributed by atoms with Gasteiger partial charge in [-0.05, 0) is 54.9 Å². The zero-order valence-corrected chi connectivity index (χ0v) is 28.1. The fourth-order valence-electron chi connectivity index (χ4n) is 7.03. The van der Waals surface area contributed by atoms with E-state index in [4.69, 9.17) is 21.5 Å². The summed E-state index contributed by atoms with van der Waals surface area (Å²) in [7, 11) is 0. The summed E-state index contributed by atoms with van der Waals surface area (Å²) in [5, 5.41) is 4.69. The largest absolute Gasteiger partial charge is 0.238 e. The normalized spacial score (nSPS) is 11.1. The van der Waals surface area contributed by atoms with E-state index in [2.05, 4.69) is 114 Å². The third-order valence-electron chi connectivity index (χ3n) is 9.57. The lowest BCUT2D eigenvalue weighted by Gasteiger charge is -2.20. The number of hydrogen-bond donors (Lipinski definition) is 0. The summed E-state index contributed by atoms with van der Waals surface area (Å²) in [5.41, 5.74) is 10.2. The van der Waals surface area contributed by atoms with Crippen molar-refractivity contribution in [3.8, 4) is 67.5 Å². The second-order valence-electron chi connectivity index (χ2n) is 12.7. The average molecular weight is 663 g/mol. The van der Waals surface area contributed by atoms with Crippen LogP contribution < -0.4 is 0 Å². The Morgan fingerprint density at radius 3 is 1.29 bits per heavy atom. The van der Waals surface area contributed by atoms with Crippen LogP contribution >= 0.6 is 0 Å². The van der Waals surface area contributed by atoms with Crippen LogP contribution in [-0.4, -0.2) is 15.0 Å². The van der Waals surface area contributed by atoms with Gasteiger partial charge in [-0.1, -0.05) is 182 Å². The molecular weight excluding hydrogens is 633 g/mol. The first-order valence-electron chi connectivity index (χ1n) is 17.2. The van der Waals surface area contributed by atoms with Crippen LogP contribution in [0.5, 0.6) is 0 Å². The van der Waals surface area contributed by atoms with Gasteiger partial charge in [0.15, 0.2) is 23.2 Å². The van der Waals surface area contributed by atoms with Crippen molar-refractivity contribution in [3.05, 3.63) is 193 Å². The number of hydrogen-bond acceptors (Lipinski definition) is 3. The van der Waals surface area contributed by atoms with Crippen molar-refractivity contribution in [2.75, 3.05) is 0 Å². The van der Waals surface area contributed by atoms with Crippen molar-refractivity contribution in [1.29, 1.82) is 0 Å². The zero-order chi connectivity index (χ0) is 34.9. The van der Waals surface area contributed by atoms with Gasteiger partial charge in [-0.15, -0.1) is 0 Å². The van der Waals surface area contributed by atoms with Crippen molar-refractivity contribution < 1.29 is 0 Å². The molecule has 0 aliphatic carbocycles. The molecule has 0 aliphatic rings. The second kappa shape index (κ2) is 13.2. The van der Waals surface area contributed by atoms with Crippen LogP contribution in [0.25, 0.3) is 93.9 Å². The van der Waals surface area contributed by atoms with Crippen LogP contribution in [0.15, 0.2) is 182 Å². The number of benzene rings is 8. The minimum absolute atomic E-state index is 0.623. The van der Waals surface area contributed by atoms with Gasteiger partial charge < -0.3 is 0 Å². The van der Waals surface area contributed by atoms with Crippen LogP contribution in [0.2, 0.25) is 0 Å². The smallest absolute Gasteiger partial charge is 0.187 e. The molecule has 9 aromatic rings. The Hall–Kier alpha value is -7.22. The van der Waals surface area contributed by atoms with Gasteiger partial charge in [0.25, 0.3) is 0 Å². The second-order valence-corrected chi connectivity index (χ2v) is 12.7. The molecule has 8 aromatic carbocycles. The minimum atomic E-state index is 0.623. The molecule has 0 radical (unpaired) electrons. The van der Waals surface area contributed by atoms with E-state index in [1.807, 2.05) is 72.8 Å².